The zero-order chi connectivity index (χ0) is 13.3. The Labute approximate surface area is 127 Å². The van der Waals surface area contributed by atoms with Crippen LogP contribution in [0.3, 0.4) is 0 Å². The maximum absolute atomic E-state index is 5.43. The molecule has 2 heterocycles. The van der Waals surface area contributed by atoms with Crippen LogP contribution in [0.2, 0.25) is 0 Å². The molecule has 2 saturated heterocycles. The lowest BCUT2D eigenvalue weighted by atomic mass is 9.94. The highest BCUT2D eigenvalue weighted by Gasteiger charge is 2.19. The van der Waals surface area contributed by atoms with E-state index in [0.717, 1.165) is 30.5 Å². The number of alkyl halides is 1. The van der Waals surface area contributed by atoms with E-state index in [0.29, 0.717) is 0 Å². The number of unbranched alkanes of at least 4 members (excludes halogenated alkanes) is 1. The Bertz CT molecular complexity index is 231. The number of rotatable bonds is 6. The smallest absolute Gasteiger partial charge is 0.0468 e. The van der Waals surface area contributed by atoms with Crippen molar-refractivity contribution in [3.05, 3.63) is 0 Å². The molecular weight excluding hydrogens is 302 g/mol. The summed E-state index contributed by atoms with van der Waals surface area (Å²) in [6.45, 7) is 4.65. The first-order valence-corrected chi connectivity index (χ1v) is 9.40. The Balaban J connectivity index is 1.60. The maximum atomic E-state index is 5.43. The lowest BCUT2D eigenvalue weighted by Crippen LogP contribution is -2.36. The molecule has 0 spiro atoms. The zero-order valence-electron chi connectivity index (χ0n) is 12.3. The van der Waals surface area contributed by atoms with E-state index >= 15 is 0 Å². The normalized spacial score (nSPS) is 27.3. The van der Waals surface area contributed by atoms with Gasteiger partial charge in [-0.2, -0.15) is 0 Å². The average molecular weight is 332 g/mol. The van der Waals surface area contributed by atoms with Gasteiger partial charge in [-0.15, -0.1) is 0 Å². The van der Waals surface area contributed by atoms with Gasteiger partial charge < -0.3 is 4.74 Å². The second-order valence-electron chi connectivity index (χ2n) is 6.24. The molecule has 112 valence electrons. The molecule has 3 heteroatoms. The van der Waals surface area contributed by atoms with Crippen molar-refractivity contribution in [3.8, 4) is 0 Å². The quantitative estimate of drug-likeness (QED) is 0.533. The molecule has 0 amide bonds. The summed E-state index contributed by atoms with van der Waals surface area (Å²) in [5.74, 6) is 0.949. The first kappa shape index (κ1) is 15.8. The summed E-state index contributed by atoms with van der Waals surface area (Å²) in [6, 6.07) is 0.797. The molecule has 0 aromatic carbocycles. The van der Waals surface area contributed by atoms with Crippen molar-refractivity contribution in [2.24, 2.45) is 5.92 Å². The number of halogens is 1. The van der Waals surface area contributed by atoms with E-state index in [9.17, 15) is 0 Å². The SMILES string of the molecule is BrCC1CCCCCN1CCCCC1CCOCC1. The van der Waals surface area contributed by atoms with E-state index in [1.54, 1.807) is 0 Å². The van der Waals surface area contributed by atoms with Crippen LogP contribution in [0, 0.1) is 5.92 Å². The molecule has 0 aliphatic carbocycles. The van der Waals surface area contributed by atoms with Crippen LogP contribution in [-0.4, -0.2) is 42.6 Å². The van der Waals surface area contributed by atoms with Gasteiger partial charge in [0.1, 0.15) is 0 Å². The summed E-state index contributed by atoms with van der Waals surface area (Å²) >= 11 is 3.70. The van der Waals surface area contributed by atoms with Crippen molar-refractivity contribution in [2.45, 2.75) is 63.8 Å². The summed E-state index contributed by atoms with van der Waals surface area (Å²) in [5, 5.41) is 1.16. The minimum Gasteiger partial charge on any atom is -0.381 e. The maximum Gasteiger partial charge on any atom is 0.0468 e. The summed E-state index contributed by atoms with van der Waals surface area (Å²) in [6.07, 6.45) is 12.5. The van der Waals surface area contributed by atoms with Crippen LogP contribution < -0.4 is 0 Å². The van der Waals surface area contributed by atoms with Gasteiger partial charge in [0.25, 0.3) is 0 Å². The van der Waals surface area contributed by atoms with Crippen LogP contribution in [0.5, 0.6) is 0 Å². The fraction of sp³-hybridized carbons (Fsp3) is 1.00. The van der Waals surface area contributed by atoms with Gasteiger partial charge in [-0.25, -0.2) is 0 Å². The molecule has 2 aliphatic heterocycles. The Morgan fingerprint density at radius 3 is 2.63 bits per heavy atom. The standard InChI is InChI=1S/C16H30BrNO/c17-14-16-7-2-1-4-10-18(16)11-5-3-6-15-8-12-19-13-9-15/h15-16H,1-14H2. The van der Waals surface area contributed by atoms with E-state index in [1.165, 1.54) is 70.9 Å². The third-order valence-corrected chi connectivity index (χ3v) is 5.57. The molecule has 0 N–H and O–H groups in total. The van der Waals surface area contributed by atoms with Gasteiger partial charge in [-0.3, -0.25) is 4.90 Å². The summed E-state index contributed by atoms with van der Waals surface area (Å²) < 4.78 is 5.43. The monoisotopic (exact) mass is 331 g/mol. The number of nitrogens with zero attached hydrogens (tertiary/aromatic N) is 1. The molecule has 0 bridgehead atoms. The number of hydrogen-bond donors (Lipinski definition) is 0. The Morgan fingerprint density at radius 1 is 1.00 bits per heavy atom. The summed E-state index contributed by atoms with van der Waals surface area (Å²) in [4.78, 5) is 2.74. The van der Waals surface area contributed by atoms with Crippen LogP contribution in [0.4, 0.5) is 0 Å². The van der Waals surface area contributed by atoms with E-state index in [4.69, 9.17) is 4.74 Å². The van der Waals surface area contributed by atoms with Gasteiger partial charge in [0.2, 0.25) is 0 Å². The minimum atomic E-state index is 0.797. The zero-order valence-corrected chi connectivity index (χ0v) is 13.9. The number of hydrogen-bond acceptors (Lipinski definition) is 2. The summed E-state index contributed by atoms with van der Waals surface area (Å²) in [7, 11) is 0. The highest BCUT2D eigenvalue weighted by atomic mass is 79.9. The fourth-order valence-corrected chi connectivity index (χ4v) is 4.22. The third-order valence-electron chi connectivity index (χ3n) is 4.83. The molecule has 1 atom stereocenters. The van der Waals surface area contributed by atoms with Gasteiger partial charge in [0.05, 0.1) is 0 Å². The lowest BCUT2D eigenvalue weighted by Gasteiger charge is -2.29. The Kier molecular flexibility index (Phi) is 7.77. The number of likely N-dealkylation sites (tertiary alicyclic amines) is 1. The molecule has 2 fully saturated rings. The van der Waals surface area contributed by atoms with Crippen molar-refractivity contribution in [1.82, 2.24) is 4.90 Å². The second kappa shape index (κ2) is 9.36. The molecule has 1 unspecified atom stereocenters. The highest BCUT2D eigenvalue weighted by molar-refractivity contribution is 9.09. The van der Waals surface area contributed by atoms with Gasteiger partial charge in [-0.1, -0.05) is 41.6 Å². The Morgan fingerprint density at radius 2 is 1.84 bits per heavy atom. The van der Waals surface area contributed by atoms with E-state index in [-0.39, 0.29) is 0 Å². The van der Waals surface area contributed by atoms with Gasteiger partial charge in [0.15, 0.2) is 0 Å². The van der Waals surface area contributed by atoms with E-state index < -0.39 is 0 Å². The molecule has 19 heavy (non-hydrogen) atoms. The van der Waals surface area contributed by atoms with Crippen LogP contribution in [0.1, 0.15) is 57.8 Å². The van der Waals surface area contributed by atoms with Crippen molar-refractivity contribution in [1.29, 1.82) is 0 Å². The fourth-order valence-electron chi connectivity index (χ4n) is 3.49. The molecule has 0 radical (unpaired) electrons. The largest absolute Gasteiger partial charge is 0.381 e. The molecule has 0 aromatic rings. The van der Waals surface area contributed by atoms with Crippen LogP contribution in [-0.2, 0) is 4.74 Å². The van der Waals surface area contributed by atoms with Crippen molar-refractivity contribution in [2.75, 3.05) is 31.6 Å². The minimum absolute atomic E-state index is 0.797. The summed E-state index contributed by atoms with van der Waals surface area (Å²) in [5.41, 5.74) is 0. The number of ether oxygens (including phenoxy) is 1. The van der Waals surface area contributed by atoms with Gasteiger partial charge in [-0.05, 0) is 51.1 Å². The molecule has 0 aromatic heterocycles. The predicted octanol–water partition coefficient (Wildman–Crippen LogP) is 4.22. The predicted molar refractivity (Wildman–Crippen MR) is 85.0 cm³/mol. The third kappa shape index (κ3) is 5.73. The van der Waals surface area contributed by atoms with Crippen LogP contribution >= 0.6 is 15.9 Å². The van der Waals surface area contributed by atoms with Crippen LogP contribution in [0.25, 0.3) is 0 Å². The molecule has 0 saturated carbocycles. The van der Waals surface area contributed by atoms with Crippen molar-refractivity contribution in [3.63, 3.8) is 0 Å². The van der Waals surface area contributed by atoms with Crippen LogP contribution in [0.15, 0.2) is 0 Å². The lowest BCUT2D eigenvalue weighted by molar-refractivity contribution is 0.0627. The highest BCUT2D eigenvalue weighted by Crippen LogP contribution is 2.22. The van der Waals surface area contributed by atoms with E-state index in [1.807, 2.05) is 0 Å². The molecule has 2 aliphatic rings. The molecular formula is C16H30BrNO. The second-order valence-corrected chi connectivity index (χ2v) is 6.89. The molecule has 2 rings (SSSR count). The molecule has 2 nitrogen and oxygen atoms in total. The first-order valence-electron chi connectivity index (χ1n) is 8.28. The first-order chi connectivity index (χ1) is 9.40. The average Bonchev–Trinajstić information content (AvgIpc) is 2.69. The van der Waals surface area contributed by atoms with Gasteiger partial charge in [0, 0.05) is 24.6 Å². The topological polar surface area (TPSA) is 12.5 Å². The van der Waals surface area contributed by atoms with Crippen molar-refractivity contribution < 1.29 is 4.74 Å². The Hall–Kier alpha value is 0.400. The van der Waals surface area contributed by atoms with Gasteiger partial charge >= 0.3 is 0 Å². The van der Waals surface area contributed by atoms with Crippen molar-refractivity contribution >= 4 is 15.9 Å². The van der Waals surface area contributed by atoms with E-state index in [2.05, 4.69) is 20.8 Å².